The normalized spacial score (nSPS) is 16.9. The molecule has 4 amide bonds. The van der Waals surface area contributed by atoms with E-state index < -0.39 is 24.3 Å². The fourth-order valence-corrected chi connectivity index (χ4v) is 8.33. The number of H-pyrrole nitrogens is 2. The van der Waals surface area contributed by atoms with Gasteiger partial charge in [0, 0.05) is 37.1 Å². The highest BCUT2D eigenvalue weighted by Gasteiger charge is 2.38. The summed E-state index contributed by atoms with van der Waals surface area (Å²) in [7, 11) is 2.57. The number of benzene rings is 4. The number of nitrogens with zero attached hydrogens (tertiary/aromatic N) is 4. The molecule has 4 unspecified atom stereocenters. The number of amides is 4. The van der Waals surface area contributed by atoms with Crippen molar-refractivity contribution in [3.8, 4) is 23.1 Å². The summed E-state index contributed by atoms with van der Waals surface area (Å²) in [5.41, 5.74) is 6.85. The first-order chi connectivity index (χ1) is 30.3. The fraction of sp³-hybridized carbons (Fsp3) is 0.292. The maximum absolute atomic E-state index is 13.9. The van der Waals surface area contributed by atoms with E-state index in [2.05, 4.69) is 32.4 Å². The van der Waals surface area contributed by atoms with E-state index in [1.807, 2.05) is 103 Å². The topological polar surface area (TPSA) is 175 Å². The van der Waals surface area contributed by atoms with E-state index in [9.17, 15) is 19.2 Å². The summed E-state index contributed by atoms with van der Waals surface area (Å²) in [6.45, 7) is 1.11. The van der Waals surface area contributed by atoms with E-state index in [0.29, 0.717) is 37.6 Å². The third-order valence-corrected chi connectivity index (χ3v) is 11.5. The molecule has 2 fully saturated rings. The Balaban J connectivity index is 0.926. The number of nitrogens with one attached hydrogen (secondary N) is 4. The highest BCUT2D eigenvalue weighted by molar-refractivity contribution is 5.87. The summed E-state index contributed by atoms with van der Waals surface area (Å²) in [6.07, 6.45) is 4.28. The Hall–Kier alpha value is -7.40. The zero-order chi connectivity index (χ0) is 43.0. The first-order valence-electron chi connectivity index (χ1n) is 20.8. The molecule has 4 aromatic carbocycles. The van der Waals surface area contributed by atoms with Gasteiger partial charge < -0.3 is 39.9 Å². The van der Waals surface area contributed by atoms with E-state index in [0.717, 1.165) is 70.2 Å². The Morgan fingerprint density at radius 1 is 0.694 bits per heavy atom. The second kappa shape index (κ2) is 18.9. The molecule has 316 valence electrons. The minimum atomic E-state index is -0.786. The van der Waals surface area contributed by atoms with Gasteiger partial charge >= 0.3 is 12.2 Å². The monoisotopic (exact) mass is 832 g/mol. The minimum Gasteiger partial charge on any atom is -0.453 e. The molecular formula is C48H48N8O6. The van der Waals surface area contributed by atoms with Gasteiger partial charge in [0.15, 0.2) is 0 Å². The zero-order valence-electron chi connectivity index (χ0n) is 34.6. The molecule has 0 spiro atoms. The molecule has 4 heterocycles. The highest BCUT2D eigenvalue weighted by atomic mass is 16.5. The summed E-state index contributed by atoms with van der Waals surface area (Å²) in [6, 6.07) is 30.8. The average molecular weight is 833 g/mol. The second-order valence-corrected chi connectivity index (χ2v) is 15.5. The SMILES string of the molecule is COC(=O)NC(Cc1ccccc1)C(=O)N1CCCC1c1ncc(-c2ccc(C#Cc3ccc4nc(C5CCCN5C(=O)C(Cc5ccccc5)NC(=O)OC)[nH]c4c3)cc2)[nH]1. The van der Waals surface area contributed by atoms with Gasteiger partial charge in [-0.2, -0.15) is 0 Å². The smallest absolute Gasteiger partial charge is 0.407 e. The molecule has 2 aliphatic heterocycles. The molecule has 2 saturated heterocycles. The molecule has 0 aliphatic carbocycles. The van der Waals surface area contributed by atoms with Crippen molar-refractivity contribution < 1.29 is 28.7 Å². The van der Waals surface area contributed by atoms with Gasteiger partial charge in [-0.3, -0.25) is 9.59 Å². The number of likely N-dealkylation sites (tertiary alicyclic amines) is 2. The van der Waals surface area contributed by atoms with Crippen molar-refractivity contribution in [3.63, 3.8) is 0 Å². The molecule has 62 heavy (non-hydrogen) atoms. The van der Waals surface area contributed by atoms with Crippen LogP contribution in [0, 0.1) is 11.8 Å². The molecule has 2 aromatic heterocycles. The van der Waals surface area contributed by atoms with Crippen LogP contribution in [0.4, 0.5) is 9.59 Å². The maximum Gasteiger partial charge on any atom is 0.407 e. The van der Waals surface area contributed by atoms with Gasteiger partial charge in [0.05, 0.1) is 49.2 Å². The van der Waals surface area contributed by atoms with Crippen LogP contribution in [-0.4, -0.2) is 93.1 Å². The van der Waals surface area contributed by atoms with Crippen molar-refractivity contribution in [1.82, 2.24) is 40.4 Å². The Morgan fingerprint density at radius 2 is 1.23 bits per heavy atom. The number of hydrogen-bond acceptors (Lipinski definition) is 8. The van der Waals surface area contributed by atoms with Crippen molar-refractivity contribution in [1.29, 1.82) is 0 Å². The van der Waals surface area contributed by atoms with Crippen molar-refractivity contribution in [2.75, 3.05) is 27.3 Å². The first kappa shape index (κ1) is 41.3. The number of carbonyl (C=O) groups excluding carboxylic acids is 4. The molecule has 0 radical (unpaired) electrons. The fourth-order valence-electron chi connectivity index (χ4n) is 8.33. The number of fused-ring (bicyclic) bond motifs is 1. The van der Waals surface area contributed by atoms with Gasteiger partial charge in [-0.05, 0) is 72.7 Å². The molecule has 2 aliphatic rings. The number of aromatic nitrogens is 4. The standard InChI is InChI=1S/C48H48N8O6/c1-61-47(59)53-38(28-32-11-5-3-6-12-32)45(57)55-25-9-15-41(55)43-49-30-40(52-43)35-22-19-31(20-23-35)17-18-34-21-24-36-37(27-34)51-44(50-36)42-16-10-26-56(42)46(58)39(54-48(60)62-2)29-33-13-7-4-8-14-33/h3-8,11-14,19-24,27,30,38-39,41-42H,9-10,15-16,25-26,28-29H2,1-2H3,(H,49,52)(H,50,51)(H,53,59)(H,54,60). The lowest BCUT2D eigenvalue weighted by Gasteiger charge is -2.28. The third-order valence-electron chi connectivity index (χ3n) is 11.5. The van der Waals surface area contributed by atoms with Crippen LogP contribution in [0.2, 0.25) is 0 Å². The molecule has 8 rings (SSSR count). The number of aromatic amines is 2. The van der Waals surface area contributed by atoms with Crippen LogP contribution in [0.1, 0.15) is 71.7 Å². The third kappa shape index (κ3) is 9.47. The van der Waals surface area contributed by atoms with Gasteiger partial charge in [-0.15, -0.1) is 0 Å². The van der Waals surface area contributed by atoms with E-state index in [1.54, 1.807) is 16.0 Å². The summed E-state index contributed by atoms with van der Waals surface area (Å²) in [5, 5.41) is 5.48. The van der Waals surface area contributed by atoms with E-state index in [-0.39, 0.29) is 23.9 Å². The summed E-state index contributed by atoms with van der Waals surface area (Å²) in [5.74, 6) is 7.56. The van der Waals surface area contributed by atoms with Gasteiger partial charge in [-0.1, -0.05) is 84.6 Å². The molecule has 14 heteroatoms. The van der Waals surface area contributed by atoms with Gasteiger partial charge in [0.2, 0.25) is 11.8 Å². The van der Waals surface area contributed by atoms with Gasteiger partial charge in [-0.25, -0.2) is 19.6 Å². The number of imidazole rings is 2. The van der Waals surface area contributed by atoms with Gasteiger partial charge in [0.1, 0.15) is 23.7 Å². The minimum absolute atomic E-state index is 0.179. The van der Waals surface area contributed by atoms with Crippen molar-refractivity contribution in [2.45, 2.75) is 62.7 Å². The number of hydrogen-bond donors (Lipinski definition) is 4. The van der Waals surface area contributed by atoms with Crippen LogP contribution < -0.4 is 10.6 Å². The Kier molecular flexibility index (Phi) is 12.6. The highest BCUT2D eigenvalue weighted by Crippen LogP contribution is 2.34. The predicted molar refractivity (Wildman–Crippen MR) is 232 cm³/mol. The quantitative estimate of drug-likeness (QED) is 0.106. The lowest BCUT2D eigenvalue weighted by Crippen LogP contribution is -2.49. The number of rotatable bonds is 11. The van der Waals surface area contributed by atoms with Crippen molar-refractivity contribution >= 4 is 35.0 Å². The van der Waals surface area contributed by atoms with Crippen LogP contribution in [-0.2, 0) is 31.9 Å². The Bertz CT molecular complexity index is 2600. The molecule has 14 nitrogen and oxygen atoms in total. The largest absolute Gasteiger partial charge is 0.453 e. The number of ether oxygens (including phenoxy) is 2. The van der Waals surface area contributed by atoms with E-state index >= 15 is 0 Å². The molecule has 4 atom stereocenters. The van der Waals surface area contributed by atoms with E-state index in [1.165, 1.54) is 14.2 Å². The van der Waals surface area contributed by atoms with Crippen LogP contribution >= 0.6 is 0 Å². The van der Waals surface area contributed by atoms with E-state index in [4.69, 9.17) is 19.4 Å². The van der Waals surface area contributed by atoms with Crippen molar-refractivity contribution in [2.24, 2.45) is 0 Å². The first-order valence-corrected chi connectivity index (χ1v) is 20.8. The average Bonchev–Trinajstić information content (AvgIpc) is 4.15. The second-order valence-electron chi connectivity index (χ2n) is 15.5. The molecule has 4 N–H and O–H groups in total. The lowest BCUT2D eigenvalue weighted by molar-refractivity contribution is -0.135. The Morgan fingerprint density at radius 3 is 1.79 bits per heavy atom. The number of methoxy groups -OCH3 is 2. The van der Waals surface area contributed by atoms with Crippen LogP contribution in [0.15, 0.2) is 109 Å². The van der Waals surface area contributed by atoms with Crippen LogP contribution in [0.5, 0.6) is 0 Å². The van der Waals surface area contributed by atoms with Gasteiger partial charge in [0.25, 0.3) is 0 Å². The number of carbonyl (C=O) groups is 4. The molecule has 0 saturated carbocycles. The van der Waals surface area contributed by atoms with Crippen molar-refractivity contribution in [3.05, 3.63) is 143 Å². The van der Waals surface area contributed by atoms with Crippen LogP contribution in [0.3, 0.4) is 0 Å². The molecular weight excluding hydrogens is 785 g/mol. The maximum atomic E-state index is 13.9. The van der Waals surface area contributed by atoms with Crippen LogP contribution in [0.25, 0.3) is 22.3 Å². The molecule has 0 bridgehead atoms. The Labute approximate surface area is 359 Å². The predicted octanol–water partition coefficient (Wildman–Crippen LogP) is 6.61. The summed E-state index contributed by atoms with van der Waals surface area (Å²) < 4.78 is 9.68. The number of alkyl carbamates (subject to hydrolysis) is 2. The lowest BCUT2D eigenvalue weighted by atomic mass is 10.0. The summed E-state index contributed by atoms with van der Waals surface area (Å²) in [4.78, 5) is 72.3. The molecule has 6 aromatic rings. The zero-order valence-corrected chi connectivity index (χ0v) is 34.6. The summed E-state index contributed by atoms with van der Waals surface area (Å²) >= 11 is 0.